The van der Waals surface area contributed by atoms with Crippen LogP contribution in [0.25, 0.3) is 0 Å². The largest absolute Gasteiger partial charge is 0.354 e. The predicted octanol–water partition coefficient (Wildman–Crippen LogP) is 2.44. The average molecular weight is 244 g/mol. The fourth-order valence-electron chi connectivity index (χ4n) is 1.48. The first-order valence-electron chi connectivity index (χ1n) is 5.20. The minimum Gasteiger partial charge on any atom is -0.354 e. The maximum absolute atomic E-state index is 5.81. The third-order valence-corrected chi connectivity index (χ3v) is 2.67. The number of nitrogens with one attached hydrogen (secondary N) is 1. The number of halogens is 1. The normalized spacial score (nSPS) is 13.1. The highest BCUT2D eigenvalue weighted by atomic mass is 35.5. The van der Waals surface area contributed by atoms with Gasteiger partial charge in [-0.15, -0.1) is 0 Å². The first kappa shape index (κ1) is 13.5. The molecule has 0 radical (unpaired) electrons. The van der Waals surface area contributed by atoms with E-state index in [1.165, 1.54) is 5.56 Å². The van der Waals surface area contributed by atoms with Gasteiger partial charge >= 0.3 is 0 Å². The molecule has 0 heterocycles. The van der Waals surface area contributed by atoms with Crippen molar-refractivity contribution < 1.29 is 9.47 Å². The van der Waals surface area contributed by atoms with Gasteiger partial charge in [0.2, 0.25) is 0 Å². The van der Waals surface area contributed by atoms with Crippen LogP contribution in [0.2, 0.25) is 5.02 Å². The van der Waals surface area contributed by atoms with Crippen molar-refractivity contribution in [3.05, 3.63) is 34.9 Å². The zero-order chi connectivity index (χ0) is 12.0. The molecule has 0 bridgehead atoms. The van der Waals surface area contributed by atoms with E-state index >= 15 is 0 Å². The predicted molar refractivity (Wildman–Crippen MR) is 65.6 cm³/mol. The summed E-state index contributed by atoms with van der Waals surface area (Å²) < 4.78 is 10.3. The highest BCUT2D eigenvalue weighted by Crippen LogP contribution is 2.09. The Labute approximate surface area is 102 Å². The highest BCUT2D eigenvalue weighted by molar-refractivity contribution is 6.30. The Morgan fingerprint density at radius 2 is 1.75 bits per heavy atom. The zero-order valence-corrected chi connectivity index (χ0v) is 10.6. The molecule has 16 heavy (non-hydrogen) atoms. The lowest BCUT2D eigenvalue weighted by atomic mass is 10.2. The Hall–Kier alpha value is -0.610. The molecule has 0 saturated carbocycles. The van der Waals surface area contributed by atoms with E-state index in [1.54, 1.807) is 14.2 Å². The van der Waals surface area contributed by atoms with E-state index in [-0.39, 0.29) is 12.3 Å². The van der Waals surface area contributed by atoms with E-state index in [0.29, 0.717) is 0 Å². The summed E-state index contributed by atoms with van der Waals surface area (Å²) in [6.45, 7) is 2.79. The van der Waals surface area contributed by atoms with Gasteiger partial charge in [-0.3, -0.25) is 0 Å². The molecule has 3 nitrogen and oxygen atoms in total. The molecule has 1 unspecified atom stereocenters. The van der Waals surface area contributed by atoms with Crippen LogP contribution in [-0.4, -0.2) is 26.6 Å². The van der Waals surface area contributed by atoms with Crippen molar-refractivity contribution >= 4 is 11.6 Å². The van der Waals surface area contributed by atoms with Gasteiger partial charge in [0.15, 0.2) is 6.29 Å². The van der Waals surface area contributed by atoms with E-state index < -0.39 is 0 Å². The fourth-order valence-corrected chi connectivity index (χ4v) is 1.61. The molecular formula is C12H18ClNO2. The fraction of sp³-hybridized carbons (Fsp3) is 0.500. The number of hydrogen-bond donors (Lipinski definition) is 1. The molecule has 4 heteroatoms. The van der Waals surface area contributed by atoms with Crippen LogP contribution in [0.4, 0.5) is 0 Å². The van der Waals surface area contributed by atoms with Crippen LogP contribution in [0, 0.1) is 0 Å². The smallest absolute Gasteiger partial charge is 0.171 e. The van der Waals surface area contributed by atoms with Crippen LogP contribution in [0.1, 0.15) is 12.5 Å². The molecule has 0 fully saturated rings. The van der Waals surface area contributed by atoms with Crippen molar-refractivity contribution in [2.75, 3.05) is 14.2 Å². The standard InChI is InChI=1S/C12H18ClNO2/c1-9(12(15-2)16-3)14-8-10-4-6-11(13)7-5-10/h4-7,9,12,14H,8H2,1-3H3. The van der Waals surface area contributed by atoms with Gasteiger partial charge in [0, 0.05) is 25.8 Å². The molecule has 90 valence electrons. The monoisotopic (exact) mass is 243 g/mol. The molecule has 1 aromatic rings. The molecule has 1 atom stereocenters. The summed E-state index contributed by atoms with van der Waals surface area (Å²) in [4.78, 5) is 0. The third-order valence-electron chi connectivity index (χ3n) is 2.41. The number of methoxy groups -OCH3 is 2. The summed E-state index contributed by atoms with van der Waals surface area (Å²) in [5, 5.41) is 4.08. The lowest BCUT2D eigenvalue weighted by Gasteiger charge is -2.22. The summed E-state index contributed by atoms with van der Waals surface area (Å²) in [5.74, 6) is 0. The first-order chi connectivity index (χ1) is 7.67. The lowest BCUT2D eigenvalue weighted by Crippen LogP contribution is -2.39. The van der Waals surface area contributed by atoms with Crippen molar-refractivity contribution in [3.63, 3.8) is 0 Å². The molecule has 0 amide bonds. The third kappa shape index (κ3) is 4.10. The Kier molecular flexibility index (Phi) is 5.77. The second-order valence-corrected chi connectivity index (χ2v) is 4.07. The van der Waals surface area contributed by atoms with Gasteiger partial charge in [-0.1, -0.05) is 23.7 Å². The molecular weight excluding hydrogens is 226 g/mol. The minimum atomic E-state index is -0.229. The van der Waals surface area contributed by atoms with Gasteiger partial charge in [-0.05, 0) is 24.6 Å². The van der Waals surface area contributed by atoms with E-state index in [9.17, 15) is 0 Å². The molecule has 1 rings (SSSR count). The molecule has 0 aliphatic heterocycles. The summed E-state index contributed by atoms with van der Waals surface area (Å²) in [6.07, 6.45) is -0.229. The molecule has 0 spiro atoms. The van der Waals surface area contributed by atoms with Crippen molar-refractivity contribution in [2.45, 2.75) is 25.8 Å². The quantitative estimate of drug-likeness (QED) is 0.779. The van der Waals surface area contributed by atoms with E-state index in [0.717, 1.165) is 11.6 Å². The van der Waals surface area contributed by atoms with E-state index in [4.69, 9.17) is 21.1 Å². The minimum absolute atomic E-state index is 0.130. The Morgan fingerprint density at radius 3 is 2.25 bits per heavy atom. The van der Waals surface area contributed by atoms with Gasteiger partial charge in [-0.2, -0.15) is 0 Å². The van der Waals surface area contributed by atoms with Crippen LogP contribution in [0.5, 0.6) is 0 Å². The van der Waals surface area contributed by atoms with Crippen LogP contribution in [0.15, 0.2) is 24.3 Å². The van der Waals surface area contributed by atoms with Crippen molar-refractivity contribution in [2.24, 2.45) is 0 Å². The van der Waals surface area contributed by atoms with Gasteiger partial charge in [0.25, 0.3) is 0 Å². The maximum atomic E-state index is 5.81. The zero-order valence-electron chi connectivity index (χ0n) is 9.87. The van der Waals surface area contributed by atoms with Crippen LogP contribution in [0.3, 0.4) is 0 Å². The second kappa shape index (κ2) is 6.86. The van der Waals surface area contributed by atoms with Gasteiger partial charge in [0.05, 0.1) is 6.04 Å². The topological polar surface area (TPSA) is 30.5 Å². The summed E-state index contributed by atoms with van der Waals surface area (Å²) in [6, 6.07) is 7.89. The van der Waals surface area contributed by atoms with Gasteiger partial charge in [0.1, 0.15) is 0 Å². The average Bonchev–Trinajstić information content (AvgIpc) is 2.30. The van der Waals surface area contributed by atoms with Crippen molar-refractivity contribution in [1.29, 1.82) is 0 Å². The number of hydrogen-bond acceptors (Lipinski definition) is 3. The van der Waals surface area contributed by atoms with E-state index in [1.807, 2.05) is 31.2 Å². The lowest BCUT2D eigenvalue weighted by molar-refractivity contribution is -0.119. The number of rotatable bonds is 6. The van der Waals surface area contributed by atoms with Crippen molar-refractivity contribution in [1.82, 2.24) is 5.32 Å². The van der Waals surface area contributed by atoms with E-state index in [2.05, 4.69) is 5.32 Å². The number of benzene rings is 1. The molecule has 0 saturated heterocycles. The summed E-state index contributed by atoms with van der Waals surface area (Å²) in [7, 11) is 3.27. The SMILES string of the molecule is COC(OC)C(C)NCc1ccc(Cl)cc1. The van der Waals surface area contributed by atoms with Crippen molar-refractivity contribution in [3.8, 4) is 0 Å². The van der Waals surface area contributed by atoms with Crippen LogP contribution < -0.4 is 5.32 Å². The van der Waals surface area contributed by atoms with Gasteiger partial charge in [-0.25, -0.2) is 0 Å². The Balaban J connectivity index is 2.42. The van der Waals surface area contributed by atoms with Crippen LogP contribution in [-0.2, 0) is 16.0 Å². The summed E-state index contributed by atoms with van der Waals surface area (Å²) >= 11 is 5.81. The molecule has 0 aliphatic rings. The Bertz CT molecular complexity index is 298. The molecule has 1 aromatic carbocycles. The second-order valence-electron chi connectivity index (χ2n) is 3.64. The molecule has 1 N–H and O–H groups in total. The molecule has 0 aliphatic carbocycles. The van der Waals surface area contributed by atoms with Gasteiger partial charge < -0.3 is 14.8 Å². The Morgan fingerprint density at radius 1 is 1.19 bits per heavy atom. The highest BCUT2D eigenvalue weighted by Gasteiger charge is 2.14. The first-order valence-corrected chi connectivity index (χ1v) is 5.58. The van der Waals surface area contributed by atoms with Crippen LogP contribution >= 0.6 is 11.6 Å². The number of ether oxygens (including phenoxy) is 2. The maximum Gasteiger partial charge on any atom is 0.171 e. The summed E-state index contributed by atoms with van der Waals surface area (Å²) in [5.41, 5.74) is 1.18. The molecule has 0 aromatic heterocycles.